The van der Waals surface area contributed by atoms with Crippen LogP contribution in [0.2, 0.25) is 0 Å². The van der Waals surface area contributed by atoms with Gasteiger partial charge in [0.1, 0.15) is 22.8 Å². The van der Waals surface area contributed by atoms with Crippen molar-refractivity contribution < 1.29 is 33.7 Å². The number of carbonyl (C=O) groups is 5. The highest BCUT2D eigenvalue weighted by Gasteiger charge is 2.32. The Balaban J connectivity index is 0.000000203. The first-order valence-corrected chi connectivity index (χ1v) is 31.7. The third kappa shape index (κ3) is 15.8. The first-order valence-electron chi connectivity index (χ1n) is 31.7. The lowest BCUT2D eigenvalue weighted by Gasteiger charge is -2.34. The molecular formula is C77H82N8O6. The van der Waals surface area contributed by atoms with Crippen LogP contribution in [0.25, 0.3) is 5.57 Å². The fourth-order valence-electron chi connectivity index (χ4n) is 12.7. The average molecular weight is 1220 g/mol. The molecule has 5 aromatic carbocycles. The summed E-state index contributed by atoms with van der Waals surface area (Å²) < 4.78 is 2.44. The van der Waals surface area contributed by atoms with Crippen molar-refractivity contribution in [1.29, 1.82) is 0 Å². The highest BCUT2D eigenvalue weighted by atomic mass is 16.3. The van der Waals surface area contributed by atoms with Gasteiger partial charge < -0.3 is 31.3 Å². The van der Waals surface area contributed by atoms with Crippen molar-refractivity contribution in [3.63, 3.8) is 0 Å². The molecule has 2 aromatic heterocycles. The Morgan fingerprint density at radius 1 is 0.484 bits per heavy atom. The van der Waals surface area contributed by atoms with Gasteiger partial charge in [-0.3, -0.25) is 24.0 Å². The Morgan fingerprint density at radius 2 is 0.912 bits per heavy atom. The molecule has 0 unspecified atom stereocenters. The molecule has 4 amide bonds. The molecule has 466 valence electrons. The molecule has 7 aromatic rings. The summed E-state index contributed by atoms with van der Waals surface area (Å²) in [5, 5.41) is 24.9. The number of nitrogens with one attached hydrogen (secondary N) is 4. The third-order valence-corrected chi connectivity index (χ3v) is 17.7. The van der Waals surface area contributed by atoms with Crippen molar-refractivity contribution in [2.75, 3.05) is 18.0 Å². The summed E-state index contributed by atoms with van der Waals surface area (Å²) in [7, 11) is 0. The number of ketones is 1. The van der Waals surface area contributed by atoms with E-state index >= 15 is 0 Å². The Bertz CT molecular complexity index is 3770. The predicted molar refractivity (Wildman–Crippen MR) is 358 cm³/mol. The van der Waals surface area contributed by atoms with E-state index in [1.165, 1.54) is 97.8 Å². The second kappa shape index (κ2) is 29.7. The number of benzene rings is 5. The Kier molecular flexibility index (Phi) is 20.9. The minimum Gasteiger partial charge on any atom is -0.871 e. The van der Waals surface area contributed by atoms with E-state index in [1.54, 1.807) is 36.4 Å². The van der Waals surface area contributed by atoms with Crippen LogP contribution in [-0.2, 0) is 31.0 Å². The van der Waals surface area contributed by atoms with Crippen LogP contribution in [-0.4, -0.2) is 62.8 Å². The van der Waals surface area contributed by atoms with Crippen LogP contribution in [0.3, 0.4) is 0 Å². The number of anilines is 2. The summed E-state index contributed by atoms with van der Waals surface area (Å²) in [6.07, 6.45) is 21.1. The van der Waals surface area contributed by atoms with E-state index in [0.29, 0.717) is 34.1 Å². The summed E-state index contributed by atoms with van der Waals surface area (Å²) >= 11 is 0. The van der Waals surface area contributed by atoms with Gasteiger partial charge >= 0.3 is 0 Å². The van der Waals surface area contributed by atoms with Crippen LogP contribution in [0, 0.1) is 39.5 Å². The molecule has 91 heavy (non-hydrogen) atoms. The minimum absolute atomic E-state index is 0. The lowest BCUT2D eigenvalue weighted by molar-refractivity contribution is -0.449. The normalized spacial score (nSPS) is 16.6. The van der Waals surface area contributed by atoms with Gasteiger partial charge in [0.25, 0.3) is 23.6 Å². The number of aromatic nitrogens is 2. The maximum absolute atomic E-state index is 13.6. The predicted octanol–water partition coefficient (Wildman–Crippen LogP) is 13.2. The highest BCUT2D eigenvalue weighted by Crippen LogP contribution is 2.40. The van der Waals surface area contributed by atoms with E-state index < -0.39 is 23.6 Å². The van der Waals surface area contributed by atoms with Gasteiger partial charge in [-0.2, -0.15) is 4.58 Å². The highest BCUT2D eigenvalue weighted by molar-refractivity contribution is 6.39. The lowest BCUT2D eigenvalue weighted by atomic mass is 9.80. The Labute approximate surface area is 535 Å². The molecule has 15 rings (SSSR count). The number of allylic oxidation sites excluding steroid dienone is 7. The molecule has 2 saturated carbocycles. The smallest absolute Gasteiger partial charge is 0.270 e. The number of amides is 4. The molecule has 4 aliphatic carbocycles. The number of rotatable bonds is 8. The fourth-order valence-corrected chi connectivity index (χ4v) is 12.7. The molecule has 14 heteroatoms. The molecule has 0 spiro atoms. The third-order valence-electron chi connectivity index (χ3n) is 17.7. The SMILES string of the molecule is C.Cc1ccc(N(CC2CCCCC2)c2ccc(C3=C([O-])C(=C4C=CC(=[N+](CC5CCCCC5)c5ccc(C)cc5C)C=C4)C3=O)cc2)c(C)c1.O=C1NCc2ccc(cc2)CNC(=O)c2cccc(n2)C(=O)NCc2ccc(cc2)CNC(=O)c2cccc1n2. The van der Waals surface area contributed by atoms with Crippen LogP contribution in [0.15, 0.2) is 187 Å². The zero-order valence-corrected chi connectivity index (χ0v) is 51.9. The second-order valence-electron chi connectivity index (χ2n) is 24.5. The van der Waals surface area contributed by atoms with Crippen LogP contribution < -0.4 is 31.3 Å². The molecule has 2 fully saturated rings. The Morgan fingerprint density at radius 3 is 1.34 bits per heavy atom. The second-order valence-corrected chi connectivity index (χ2v) is 24.5. The van der Waals surface area contributed by atoms with Crippen molar-refractivity contribution in [2.24, 2.45) is 11.8 Å². The first kappa shape index (κ1) is 64.2. The molecule has 0 saturated heterocycles. The van der Waals surface area contributed by atoms with Gasteiger partial charge in [-0.25, -0.2) is 9.97 Å². The van der Waals surface area contributed by atoms with Crippen LogP contribution in [0.4, 0.5) is 17.1 Å². The monoisotopic (exact) mass is 1210 g/mol. The molecule has 4 N–H and O–H groups in total. The molecule has 14 nitrogen and oxygen atoms in total. The summed E-state index contributed by atoms with van der Waals surface area (Å²) in [6.45, 7) is 11.7. The number of nitrogens with zero attached hydrogens (tertiary/aromatic N) is 4. The van der Waals surface area contributed by atoms with Gasteiger partial charge in [-0.1, -0.05) is 154 Å². The van der Waals surface area contributed by atoms with Crippen LogP contribution >= 0.6 is 0 Å². The maximum atomic E-state index is 13.6. The molecule has 6 heterocycles. The van der Waals surface area contributed by atoms with Gasteiger partial charge in [-0.05, 0) is 159 Å². The maximum Gasteiger partial charge on any atom is 0.270 e. The number of aryl methyl sites for hydroxylation is 4. The van der Waals surface area contributed by atoms with Gasteiger partial charge in [0, 0.05) is 84.9 Å². The quantitative estimate of drug-likeness (QED) is 0.0848. The molecule has 4 aliphatic heterocycles. The average Bonchev–Trinajstić information content (AvgIpc) is 0.759. The van der Waals surface area contributed by atoms with E-state index in [2.05, 4.69) is 129 Å². The number of hydrogen-bond acceptors (Lipinski definition) is 9. The fraction of sp³-hybridized carbons (Fsp3) is 0.299. The van der Waals surface area contributed by atoms with Gasteiger partial charge in [0.15, 0.2) is 12.3 Å². The standard InChI is InChI=1S/C46H52N2O2.C30H26N6O4.CH4/c1-31-15-25-41(33(3)27-31)47(29-35-11-7-5-8-12-35)39-21-17-37(18-22-39)43-45(49)44(46(43)50)38-19-23-40(24-20-38)48(30-36-13-9-6-10-14-36)42-26-16-32(2)28-34(42)4;37-27-23-3-1-4-24(35-23)28(38)32-16-20-9-13-22(14-10-20)18-34-30(40)26-6-2-5-25(36-26)29(39)33-17-21-11-7-19(8-12-21)15-31-27;/h15-28,35-36H,5-14,29-30H2,1-4H3;1-14H,15-18H2,(H,31,37)(H,32,38)(H,33,39)(H,34,40);1H4. The van der Waals surface area contributed by atoms with Gasteiger partial charge in [0.05, 0.1) is 0 Å². The molecule has 8 aliphatic rings. The van der Waals surface area contributed by atoms with Gasteiger partial charge in [0.2, 0.25) is 11.4 Å². The summed E-state index contributed by atoms with van der Waals surface area (Å²) in [6, 6.07) is 45.6. The summed E-state index contributed by atoms with van der Waals surface area (Å²) in [5.41, 5.74) is 15.7. The van der Waals surface area contributed by atoms with Crippen molar-refractivity contribution in [1.82, 2.24) is 31.2 Å². The summed E-state index contributed by atoms with van der Waals surface area (Å²) in [5.74, 6) is -0.576. The largest absolute Gasteiger partial charge is 0.871 e. The number of hydrogen-bond donors (Lipinski definition) is 4. The van der Waals surface area contributed by atoms with Crippen molar-refractivity contribution >= 4 is 57.8 Å². The van der Waals surface area contributed by atoms with Crippen LogP contribution in [0.1, 0.15) is 164 Å². The van der Waals surface area contributed by atoms with Crippen molar-refractivity contribution in [3.8, 4) is 0 Å². The first-order chi connectivity index (χ1) is 43.7. The lowest BCUT2D eigenvalue weighted by Crippen LogP contribution is -2.30. The number of Topliss-reactive ketones (excluding diaryl/α,β-unsaturated/α-hetero) is 1. The molecule has 0 radical (unpaired) electrons. The number of carbonyl (C=O) groups excluding carboxylic acids is 5. The van der Waals surface area contributed by atoms with Gasteiger partial charge in [-0.15, -0.1) is 0 Å². The van der Waals surface area contributed by atoms with Crippen LogP contribution in [0.5, 0.6) is 0 Å². The van der Waals surface area contributed by atoms with Crippen molar-refractivity contribution in [3.05, 3.63) is 260 Å². The molecular weight excluding hydrogens is 1130 g/mol. The minimum atomic E-state index is -0.398. The zero-order chi connectivity index (χ0) is 62.7. The molecule has 8 bridgehead atoms. The van der Waals surface area contributed by atoms with E-state index in [-0.39, 0.29) is 67.9 Å². The van der Waals surface area contributed by atoms with E-state index in [9.17, 15) is 29.1 Å². The zero-order valence-electron chi connectivity index (χ0n) is 51.9. The number of pyridine rings is 2. The van der Waals surface area contributed by atoms with E-state index in [0.717, 1.165) is 46.7 Å². The molecule has 0 atom stereocenters. The van der Waals surface area contributed by atoms with Crippen molar-refractivity contribution in [2.45, 2.75) is 126 Å². The summed E-state index contributed by atoms with van der Waals surface area (Å²) in [4.78, 5) is 75.2. The Hall–Kier alpha value is -9.82. The van der Waals surface area contributed by atoms with E-state index in [4.69, 9.17) is 0 Å². The van der Waals surface area contributed by atoms with E-state index in [1.807, 2.05) is 72.8 Å². The topological polar surface area (TPSA) is 189 Å².